The number of fused-ring (bicyclic) bond motifs is 7. The van der Waals surface area contributed by atoms with Crippen LogP contribution in [-0.2, 0) is 34.8 Å². The normalized spacial score (nSPS) is 11.6. The second-order valence-electron chi connectivity index (χ2n) is 34.2. The Bertz CT molecular complexity index is 7980. The third-order valence-electron chi connectivity index (χ3n) is 23.8. The average Bonchev–Trinajstić information content (AvgIpc) is 1.62. The highest BCUT2D eigenvalue weighted by atomic mass is 32.2. The second kappa shape index (κ2) is 42.3. The van der Waals surface area contributed by atoms with Gasteiger partial charge in [-0.25, -0.2) is 8.42 Å². The fraction of sp³-hybridized carbons (Fsp3) is 0.180. The molecule has 139 heavy (non-hydrogen) atoms. The number of aromatic hydroxyl groups is 1. The van der Waals surface area contributed by atoms with Gasteiger partial charge in [0.2, 0.25) is 0 Å². The van der Waals surface area contributed by atoms with Gasteiger partial charge < -0.3 is 9.84 Å². The van der Waals surface area contributed by atoms with E-state index in [2.05, 4.69) is 172 Å². The van der Waals surface area contributed by atoms with Gasteiger partial charge in [0.25, 0.3) is 0 Å². The summed E-state index contributed by atoms with van der Waals surface area (Å²) >= 11 is 0. The monoisotopic (exact) mass is 1900 g/mol. The number of hydrogen-bond acceptors (Lipinski definition) is 11. The maximum Gasteiger partial charge on any atom is 0.417 e. The smallest absolute Gasteiger partial charge is 0.417 e. The zero-order chi connectivity index (χ0) is 98.6. The number of aryl methyl sites for hydroxylation is 7. The minimum absolute atomic E-state index is 0.116. The van der Waals surface area contributed by atoms with Crippen molar-refractivity contribution in [3.63, 3.8) is 0 Å². The maximum absolute atomic E-state index is 13.0. The van der Waals surface area contributed by atoms with E-state index < -0.39 is 45.1 Å². The molecule has 0 saturated carbocycles. The van der Waals surface area contributed by atoms with E-state index in [9.17, 15) is 53.0 Å². The summed E-state index contributed by atoms with van der Waals surface area (Å²) in [5.74, 6) is 2.03. The number of rotatable bonds is 15. The number of sulfone groups is 1. The van der Waals surface area contributed by atoms with Gasteiger partial charge in [-0.1, -0.05) is 228 Å². The predicted octanol–water partition coefficient (Wildman–Crippen LogP) is 29.7. The number of unbranched alkanes of at least 4 members (excludes halogenated alkanes) is 1. The molecule has 7 heterocycles. The van der Waals surface area contributed by atoms with E-state index >= 15 is 0 Å². The first kappa shape index (κ1) is 97.8. The fourth-order valence-corrected chi connectivity index (χ4v) is 17.0. The van der Waals surface area contributed by atoms with Crippen molar-refractivity contribution in [1.82, 2.24) is 71.4 Å². The van der Waals surface area contributed by atoms with Crippen molar-refractivity contribution in [3.05, 3.63) is 359 Å². The first-order valence-corrected chi connectivity index (χ1v) is 46.8. The van der Waals surface area contributed by atoms with Crippen LogP contribution in [0.25, 0.3) is 154 Å². The molecule has 0 amide bonds. The van der Waals surface area contributed by atoms with E-state index in [1.54, 1.807) is 67.6 Å². The van der Waals surface area contributed by atoms with E-state index in [1.807, 2.05) is 145 Å². The second-order valence-corrected chi connectivity index (χ2v) is 36.5. The molecule has 0 aliphatic heterocycles. The van der Waals surface area contributed by atoms with Crippen LogP contribution in [0.1, 0.15) is 103 Å². The molecule has 8 N–H and O–H groups in total. The molecular weight excluding hydrogens is 1800 g/mol. The SMILES string of the molecule is CCCCOc1cccc(-c2ccc3c(C)[nH]nc3c2)c1.CCS(=O)(=O)c1ccc(-c2ccc3c(C)[nH]nc3c2)cc1.Cc1[nH]nc2cc(-c3ccc(C(F)(F)F)cc3)ccc12.Cc1[nH]nc2cc(-c3ccc(CC(C)C)cc3)ccc12.Cc1[nH]nc2cc(-c3cccc(C(F)(F)F)c3)ccc12.Cc1[nH]nc2cc(-c3ccccc3C(F)(F)F)ccc12.Cc1[nH]nc2cc(-c3ccccc3O)ccc12. The summed E-state index contributed by atoms with van der Waals surface area (Å²) in [5, 5.41) is 67.4. The summed E-state index contributed by atoms with van der Waals surface area (Å²) in [4.78, 5) is 0.366. The van der Waals surface area contributed by atoms with Gasteiger partial charge >= 0.3 is 18.5 Å². The molecule has 21 rings (SSSR count). The molecule has 708 valence electrons. The first-order valence-electron chi connectivity index (χ1n) is 45.1. The molecule has 0 bridgehead atoms. The highest BCUT2D eigenvalue weighted by molar-refractivity contribution is 7.91. The molecule has 14 aromatic carbocycles. The number of halogens is 9. The number of phenols is 1. The van der Waals surface area contributed by atoms with Crippen molar-refractivity contribution in [1.29, 1.82) is 0 Å². The van der Waals surface area contributed by atoms with E-state index in [4.69, 9.17) is 4.74 Å². The van der Waals surface area contributed by atoms with Gasteiger partial charge in [0.05, 0.1) is 72.6 Å². The van der Waals surface area contributed by atoms with Crippen LogP contribution < -0.4 is 4.74 Å². The van der Waals surface area contributed by atoms with Gasteiger partial charge in [-0.2, -0.15) is 75.2 Å². The van der Waals surface area contributed by atoms with Gasteiger partial charge in [-0.3, -0.25) is 35.7 Å². The van der Waals surface area contributed by atoms with Crippen LogP contribution in [0.15, 0.2) is 302 Å². The number of para-hydroxylation sites is 1. The number of aromatic amines is 7. The summed E-state index contributed by atoms with van der Waals surface area (Å²) in [6, 6.07) is 88.6. The lowest BCUT2D eigenvalue weighted by Crippen LogP contribution is -2.06. The van der Waals surface area contributed by atoms with Gasteiger partial charge in [0, 0.05) is 83.1 Å². The van der Waals surface area contributed by atoms with Crippen LogP contribution in [0.4, 0.5) is 39.5 Å². The number of alkyl halides is 9. The molecule has 0 aliphatic carbocycles. The number of H-pyrrole nitrogens is 7. The van der Waals surface area contributed by atoms with Crippen molar-refractivity contribution in [2.24, 2.45) is 5.92 Å². The van der Waals surface area contributed by atoms with Crippen LogP contribution in [-0.4, -0.2) is 97.3 Å². The van der Waals surface area contributed by atoms with Gasteiger partial charge in [-0.15, -0.1) is 0 Å². The Labute approximate surface area is 796 Å². The van der Waals surface area contributed by atoms with Crippen LogP contribution >= 0.6 is 0 Å². The number of benzene rings is 14. The Morgan fingerprint density at radius 3 is 0.986 bits per heavy atom. The molecule has 0 fully saturated rings. The Kier molecular flexibility index (Phi) is 29.8. The number of nitrogens with zero attached hydrogens (tertiary/aromatic N) is 7. The Morgan fingerprint density at radius 1 is 0.317 bits per heavy atom. The third kappa shape index (κ3) is 23.5. The quantitative estimate of drug-likeness (QED) is 0.0353. The zero-order valence-corrected chi connectivity index (χ0v) is 78.8. The molecule has 28 heteroatoms. The van der Waals surface area contributed by atoms with Crippen LogP contribution in [0.3, 0.4) is 0 Å². The summed E-state index contributed by atoms with van der Waals surface area (Å²) in [7, 11) is -3.15. The van der Waals surface area contributed by atoms with Crippen LogP contribution in [0.2, 0.25) is 0 Å². The fourth-order valence-electron chi connectivity index (χ4n) is 16.1. The Balaban J connectivity index is 0.000000123. The summed E-state index contributed by atoms with van der Waals surface area (Å²) in [6.45, 7) is 22.9. The minimum atomic E-state index is -4.37. The predicted molar refractivity (Wildman–Crippen MR) is 537 cm³/mol. The first-order chi connectivity index (χ1) is 66.5. The minimum Gasteiger partial charge on any atom is -0.507 e. The lowest BCUT2D eigenvalue weighted by Gasteiger charge is -2.12. The van der Waals surface area contributed by atoms with Crippen molar-refractivity contribution < 1.29 is 57.8 Å². The maximum atomic E-state index is 13.0. The largest absolute Gasteiger partial charge is 0.507 e. The molecule has 21 aromatic rings. The number of aromatic nitrogens is 14. The van der Waals surface area contributed by atoms with Crippen LogP contribution in [0, 0.1) is 54.4 Å². The molecule has 0 saturated heterocycles. The number of hydrogen-bond donors (Lipinski definition) is 8. The van der Waals surface area contributed by atoms with Gasteiger partial charge in [-0.05, 0) is 248 Å². The highest BCUT2D eigenvalue weighted by Gasteiger charge is 2.34. The topological polar surface area (TPSA) is 264 Å². The summed E-state index contributed by atoms with van der Waals surface area (Å²) < 4.78 is 144. The number of ether oxygens (including phenoxy) is 1. The lowest BCUT2D eigenvalue weighted by atomic mass is 9.98. The van der Waals surface area contributed by atoms with E-state index in [0.717, 1.165) is 212 Å². The van der Waals surface area contributed by atoms with Crippen molar-refractivity contribution in [3.8, 4) is 89.4 Å². The average molecular weight is 1900 g/mol. The number of nitrogens with one attached hydrogen (secondary N) is 7. The zero-order valence-electron chi connectivity index (χ0n) is 78.0. The Morgan fingerprint density at radius 2 is 0.626 bits per heavy atom. The Hall–Kier alpha value is -15.7. The summed E-state index contributed by atoms with van der Waals surface area (Å²) in [6.07, 6.45) is -9.63. The molecule has 0 atom stereocenters. The van der Waals surface area contributed by atoms with Gasteiger partial charge in [0.15, 0.2) is 9.84 Å². The van der Waals surface area contributed by atoms with Crippen molar-refractivity contribution in [2.75, 3.05) is 12.4 Å². The van der Waals surface area contributed by atoms with Crippen LogP contribution in [0.5, 0.6) is 11.5 Å². The van der Waals surface area contributed by atoms with Gasteiger partial charge in [0.1, 0.15) is 11.5 Å². The van der Waals surface area contributed by atoms with E-state index in [0.29, 0.717) is 33.2 Å². The van der Waals surface area contributed by atoms with Crippen molar-refractivity contribution in [2.45, 2.75) is 119 Å². The molecule has 0 aliphatic rings. The lowest BCUT2D eigenvalue weighted by molar-refractivity contribution is -0.138. The highest BCUT2D eigenvalue weighted by Crippen LogP contribution is 2.41. The van der Waals surface area contributed by atoms with E-state index in [1.165, 1.54) is 57.8 Å². The molecule has 7 aromatic heterocycles. The van der Waals surface area contributed by atoms with Crippen molar-refractivity contribution >= 4 is 86.2 Å². The third-order valence-corrected chi connectivity index (χ3v) is 25.6. The summed E-state index contributed by atoms with van der Waals surface area (Å²) in [5.41, 5.74) is 24.8. The molecule has 0 spiro atoms. The standard InChI is InChI=1S/C18H20N2O.C18H20N2.C16H16N2O2S.3C15H11F3N2.C14H12N2O/c1-3-4-10-21-16-7-5-6-14(11-16)15-8-9-17-13(2)19-20-18(17)12-15;1-12(2)10-14-4-6-15(7-5-14)16-8-9-17-13(3)19-20-18(17)11-16;1-3-21(19,20)14-7-4-12(5-8-14)13-6-9-15-11(2)17-18-16(15)10-13;1-9-13-7-4-11(8-14(13)20-19-9)10-2-5-12(6-3-10)15(16,17)18;1-9-13-6-5-11(8-14(13)20-19-9)10-3-2-4-12(7-10)15(16,17)18;1-9-11-7-6-10(8-14(11)20-19-9)12-4-2-3-5-13(12)15(16,17)18;1-9-11-7-6-10(8-13(11)16-15-9)12-4-2-3-5-14(12)17/h5-9,11-12H,3-4,10H2,1-2H3,(H,19,20);4-9,11-12H,10H2,1-3H3,(H,19,20);4-10H,3H2,1-2H3,(H,17,18);3*2-8H,1H3,(H,19,20);2-8,17H,1H3,(H,15,16). The number of phenolic OH excluding ortho intramolecular Hbond substituents is 1. The molecule has 0 unspecified atom stereocenters. The van der Waals surface area contributed by atoms with E-state index in [-0.39, 0.29) is 11.3 Å². The molecule has 0 radical (unpaired) electrons. The molecular formula is C111H101F9N14O4S. The molecule has 18 nitrogen and oxygen atoms in total.